The lowest BCUT2D eigenvalue weighted by atomic mass is 10.2. The summed E-state index contributed by atoms with van der Waals surface area (Å²) >= 11 is 0. The van der Waals surface area contributed by atoms with Gasteiger partial charge in [0.1, 0.15) is 23.2 Å². The molecule has 2 aromatic carbocycles. The van der Waals surface area contributed by atoms with Crippen molar-refractivity contribution in [1.29, 1.82) is 0 Å². The van der Waals surface area contributed by atoms with E-state index in [1.807, 2.05) is 63.2 Å². The van der Waals surface area contributed by atoms with Gasteiger partial charge in [0.25, 0.3) is 0 Å². The van der Waals surface area contributed by atoms with Crippen molar-refractivity contribution < 1.29 is 9.53 Å². The lowest BCUT2D eigenvalue weighted by Crippen LogP contribution is -2.19. The molecular weight excluding hydrogens is 380 g/mol. The van der Waals surface area contributed by atoms with Gasteiger partial charge in [-0.25, -0.2) is 14.8 Å². The number of hydrogen-bond donors (Lipinski definition) is 4. The minimum absolute atomic E-state index is 0.314. The van der Waals surface area contributed by atoms with Gasteiger partial charge < -0.3 is 26.0 Å². The number of urea groups is 1. The molecule has 0 bridgehead atoms. The lowest BCUT2D eigenvalue weighted by Gasteiger charge is -2.12. The van der Waals surface area contributed by atoms with E-state index in [9.17, 15) is 4.79 Å². The van der Waals surface area contributed by atoms with Crippen LogP contribution in [0.5, 0.6) is 5.75 Å². The van der Waals surface area contributed by atoms with Crippen LogP contribution in [0.3, 0.4) is 0 Å². The van der Waals surface area contributed by atoms with E-state index in [4.69, 9.17) is 4.74 Å². The van der Waals surface area contributed by atoms with Gasteiger partial charge in [-0.2, -0.15) is 0 Å². The smallest absolute Gasteiger partial charge is 0.323 e. The average Bonchev–Trinajstić information content (AvgIpc) is 2.71. The molecule has 8 nitrogen and oxygen atoms in total. The normalized spacial score (nSPS) is 10.3. The van der Waals surface area contributed by atoms with E-state index in [2.05, 4.69) is 31.2 Å². The highest BCUT2D eigenvalue weighted by molar-refractivity contribution is 6.00. The Bertz CT molecular complexity index is 1020. The van der Waals surface area contributed by atoms with Crippen molar-refractivity contribution in [1.82, 2.24) is 9.97 Å². The van der Waals surface area contributed by atoms with Crippen LogP contribution >= 0.6 is 0 Å². The Hall–Kier alpha value is -3.81. The maximum absolute atomic E-state index is 12.3. The maximum Gasteiger partial charge on any atom is 0.323 e. The van der Waals surface area contributed by atoms with Crippen LogP contribution in [-0.2, 0) is 0 Å². The quantitative estimate of drug-likeness (QED) is 0.444. The highest BCUT2D eigenvalue weighted by atomic mass is 16.5. The average molecular weight is 406 g/mol. The molecule has 3 aromatic rings. The molecule has 30 heavy (non-hydrogen) atoms. The number of nitrogens with zero attached hydrogens (tertiary/aromatic N) is 2. The van der Waals surface area contributed by atoms with Gasteiger partial charge in [0.15, 0.2) is 0 Å². The molecule has 0 aliphatic rings. The van der Waals surface area contributed by atoms with E-state index in [1.54, 1.807) is 13.2 Å². The zero-order chi connectivity index (χ0) is 21.5. The second-order valence-electron chi connectivity index (χ2n) is 6.68. The van der Waals surface area contributed by atoms with Crippen molar-refractivity contribution in [2.24, 2.45) is 0 Å². The van der Waals surface area contributed by atoms with Crippen molar-refractivity contribution in [3.63, 3.8) is 0 Å². The summed E-state index contributed by atoms with van der Waals surface area (Å²) in [5.41, 5.74) is 3.17. The van der Waals surface area contributed by atoms with E-state index in [0.29, 0.717) is 17.3 Å². The Morgan fingerprint density at radius 3 is 2.30 bits per heavy atom. The number of rotatable bonds is 7. The predicted octanol–water partition coefficient (Wildman–Crippen LogP) is 4.92. The molecule has 0 radical (unpaired) electrons. The van der Waals surface area contributed by atoms with E-state index >= 15 is 0 Å². The minimum Gasteiger partial charge on any atom is -0.497 e. The zero-order valence-corrected chi connectivity index (χ0v) is 17.5. The van der Waals surface area contributed by atoms with E-state index in [-0.39, 0.29) is 6.03 Å². The van der Waals surface area contributed by atoms with Crippen LogP contribution in [0, 0.1) is 13.8 Å². The summed E-state index contributed by atoms with van der Waals surface area (Å²) < 4.78 is 5.18. The van der Waals surface area contributed by atoms with Crippen molar-refractivity contribution in [3.05, 3.63) is 59.9 Å². The fraction of sp³-hybridized carbons (Fsp3) is 0.227. The molecule has 3 rings (SSSR count). The number of carbonyl (C=O) groups excluding carboxylic acids is 1. The third-order valence-corrected chi connectivity index (χ3v) is 4.29. The zero-order valence-electron chi connectivity index (χ0n) is 17.5. The van der Waals surface area contributed by atoms with Crippen LogP contribution in [0.4, 0.5) is 33.5 Å². The Morgan fingerprint density at radius 2 is 1.63 bits per heavy atom. The molecule has 0 saturated heterocycles. The van der Waals surface area contributed by atoms with Crippen LogP contribution in [0.2, 0.25) is 0 Å². The monoisotopic (exact) mass is 406 g/mol. The van der Waals surface area contributed by atoms with Crippen molar-refractivity contribution in [2.75, 3.05) is 34.9 Å². The number of benzene rings is 2. The Kier molecular flexibility index (Phi) is 6.69. The summed E-state index contributed by atoms with van der Waals surface area (Å²) in [5, 5.41) is 12.1. The van der Waals surface area contributed by atoms with Crippen molar-refractivity contribution in [3.8, 4) is 5.75 Å². The van der Waals surface area contributed by atoms with Gasteiger partial charge in [-0.05, 0) is 68.8 Å². The molecule has 0 saturated carbocycles. The van der Waals surface area contributed by atoms with Gasteiger partial charge >= 0.3 is 6.03 Å². The molecule has 0 unspecified atom stereocenters. The summed E-state index contributed by atoms with van der Waals surface area (Å²) in [6.45, 7) is 6.56. The van der Waals surface area contributed by atoms with Gasteiger partial charge in [0.05, 0.1) is 7.11 Å². The van der Waals surface area contributed by atoms with Crippen LogP contribution < -0.4 is 26.0 Å². The predicted molar refractivity (Wildman–Crippen MR) is 121 cm³/mol. The molecule has 2 amide bonds. The Labute approximate surface area is 176 Å². The molecule has 156 valence electrons. The topological polar surface area (TPSA) is 100 Å². The first-order valence-corrected chi connectivity index (χ1v) is 9.66. The fourth-order valence-electron chi connectivity index (χ4n) is 2.88. The third-order valence-electron chi connectivity index (χ3n) is 4.29. The van der Waals surface area contributed by atoms with Crippen LogP contribution in [0.1, 0.15) is 18.3 Å². The van der Waals surface area contributed by atoms with Gasteiger partial charge in [-0.15, -0.1) is 0 Å². The van der Waals surface area contributed by atoms with Gasteiger partial charge in [0.2, 0.25) is 0 Å². The summed E-state index contributed by atoms with van der Waals surface area (Å²) in [4.78, 5) is 21.0. The van der Waals surface area contributed by atoms with Gasteiger partial charge in [0, 0.05) is 29.7 Å². The standard InChI is InChI=1S/C22H26N6O2/c1-5-23-20-13-21(25-15(3)24-20)26-16-6-8-17(9-7-16)27-22(29)28-19-11-10-18(30-4)12-14(19)2/h6-13H,5H2,1-4H3,(H2,27,28,29)(H2,23,24,25,26). The highest BCUT2D eigenvalue weighted by Gasteiger charge is 2.07. The third kappa shape index (κ3) is 5.60. The highest BCUT2D eigenvalue weighted by Crippen LogP contribution is 2.22. The molecule has 8 heteroatoms. The molecule has 4 N–H and O–H groups in total. The Morgan fingerprint density at radius 1 is 0.933 bits per heavy atom. The molecule has 0 spiro atoms. The van der Waals surface area contributed by atoms with E-state index < -0.39 is 0 Å². The SMILES string of the molecule is CCNc1cc(Nc2ccc(NC(=O)Nc3ccc(OC)cc3C)cc2)nc(C)n1. The summed E-state index contributed by atoms with van der Waals surface area (Å²) in [6.07, 6.45) is 0. The number of carbonyl (C=O) groups is 1. The van der Waals surface area contributed by atoms with Crippen LogP contribution in [0.25, 0.3) is 0 Å². The fourth-order valence-corrected chi connectivity index (χ4v) is 2.88. The number of ether oxygens (including phenoxy) is 1. The van der Waals surface area contributed by atoms with Crippen LogP contribution in [-0.4, -0.2) is 29.7 Å². The largest absolute Gasteiger partial charge is 0.497 e. The number of anilines is 5. The number of hydrogen-bond acceptors (Lipinski definition) is 6. The first-order valence-electron chi connectivity index (χ1n) is 9.66. The first kappa shape index (κ1) is 20.9. The molecule has 0 aliphatic heterocycles. The van der Waals surface area contributed by atoms with Gasteiger partial charge in [-0.1, -0.05) is 0 Å². The molecule has 0 fully saturated rings. The second-order valence-corrected chi connectivity index (χ2v) is 6.68. The number of aromatic nitrogens is 2. The summed E-state index contributed by atoms with van der Waals surface area (Å²) in [7, 11) is 1.61. The lowest BCUT2D eigenvalue weighted by molar-refractivity contribution is 0.262. The minimum atomic E-state index is -0.314. The van der Waals surface area contributed by atoms with Crippen LogP contribution in [0.15, 0.2) is 48.5 Å². The van der Waals surface area contributed by atoms with Crippen molar-refractivity contribution in [2.45, 2.75) is 20.8 Å². The number of amides is 2. The van der Waals surface area contributed by atoms with Crippen molar-refractivity contribution >= 4 is 34.7 Å². The Balaban J connectivity index is 1.61. The number of nitrogens with one attached hydrogen (secondary N) is 4. The molecular formula is C22H26N6O2. The number of aryl methyl sites for hydroxylation is 2. The molecule has 1 heterocycles. The summed E-state index contributed by atoms with van der Waals surface area (Å²) in [5.74, 6) is 2.90. The molecule has 1 aromatic heterocycles. The molecule has 0 aliphatic carbocycles. The maximum atomic E-state index is 12.3. The first-order chi connectivity index (χ1) is 14.5. The molecule has 0 atom stereocenters. The number of methoxy groups -OCH3 is 1. The van der Waals surface area contributed by atoms with Gasteiger partial charge in [-0.3, -0.25) is 0 Å². The summed E-state index contributed by atoms with van der Waals surface area (Å²) in [6, 6.07) is 14.4. The van der Waals surface area contributed by atoms with E-state index in [1.165, 1.54) is 0 Å². The second kappa shape index (κ2) is 9.60. The van der Waals surface area contributed by atoms with E-state index in [0.717, 1.165) is 35.1 Å².